The summed E-state index contributed by atoms with van der Waals surface area (Å²) in [4.78, 5) is 4.96. The molecule has 0 fully saturated rings. The molecule has 1 aromatic heterocycles. The number of hydrogen-bond donors (Lipinski definition) is 1. The van der Waals surface area contributed by atoms with Crippen molar-refractivity contribution < 1.29 is 8.42 Å². The largest absolute Gasteiger partial charge is 0.240 e. The molecule has 0 aliphatic rings. The van der Waals surface area contributed by atoms with Crippen LogP contribution in [0.2, 0.25) is 0 Å². The molecule has 28 heavy (non-hydrogen) atoms. The highest BCUT2D eigenvalue weighted by atomic mass is 32.2. The molecule has 4 rings (SSSR count). The molecule has 0 unspecified atom stereocenters. The van der Waals surface area contributed by atoms with E-state index in [1.54, 1.807) is 53.4 Å². The maximum absolute atomic E-state index is 12.6. The molecule has 1 N–H and O–H groups in total. The average molecular weight is 427 g/mol. The van der Waals surface area contributed by atoms with Gasteiger partial charge in [0.15, 0.2) is 4.34 Å². The standard InChI is InChI=1S/C21H18N2O2S3/c24-28(25,17-11-5-2-6-12-17)22-15-20(16-9-3-1-4-10-16)27-21-23-18-13-7-8-14-19(18)26-21/h1-14,20,22H,15H2/t20-/m1/s1. The highest BCUT2D eigenvalue weighted by molar-refractivity contribution is 8.01. The van der Waals surface area contributed by atoms with Crippen LogP contribution in [0.1, 0.15) is 10.8 Å². The first kappa shape index (κ1) is 19.1. The Balaban J connectivity index is 1.57. The second-order valence-corrected chi connectivity index (χ2v) is 10.4. The van der Waals surface area contributed by atoms with Crippen LogP contribution >= 0.6 is 23.1 Å². The number of aromatic nitrogens is 1. The average Bonchev–Trinajstić information content (AvgIpc) is 3.15. The van der Waals surface area contributed by atoms with Gasteiger partial charge in [0.05, 0.1) is 20.4 Å². The number of thiazole rings is 1. The van der Waals surface area contributed by atoms with Gasteiger partial charge in [-0.05, 0) is 29.8 Å². The Morgan fingerprint density at radius 2 is 1.54 bits per heavy atom. The SMILES string of the molecule is O=S(=O)(NC[C@@H](Sc1nc2ccccc2s1)c1ccccc1)c1ccccc1. The fraction of sp³-hybridized carbons (Fsp3) is 0.0952. The zero-order chi connectivity index (χ0) is 19.4. The van der Waals surface area contributed by atoms with Crippen molar-refractivity contribution in [3.63, 3.8) is 0 Å². The molecule has 4 aromatic rings. The second kappa shape index (κ2) is 8.45. The van der Waals surface area contributed by atoms with Gasteiger partial charge in [-0.15, -0.1) is 11.3 Å². The Bertz CT molecular complexity index is 1130. The molecule has 0 bridgehead atoms. The van der Waals surface area contributed by atoms with E-state index in [2.05, 4.69) is 9.71 Å². The minimum absolute atomic E-state index is 0.0831. The summed E-state index contributed by atoms with van der Waals surface area (Å²) in [6.07, 6.45) is 0. The van der Waals surface area contributed by atoms with Crippen molar-refractivity contribution in [2.45, 2.75) is 14.5 Å². The third-order valence-electron chi connectivity index (χ3n) is 4.20. The fourth-order valence-corrected chi connectivity index (χ4v) is 6.32. The second-order valence-electron chi connectivity index (χ2n) is 6.13. The molecule has 0 spiro atoms. The fourth-order valence-electron chi connectivity index (χ4n) is 2.79. The van der Waals surface area contributed by atoms with Gasteiger partial charge in [0.1, 0.15) is 0 Å². The summed E-state index contributed by atoms with van der Waals surface area (Å²) in [5.74, 6) is 0. The number of rotatable bonds is 7. The molecular formula is C21H18N2O2S3. The number of hydrogen-bond acceptors (Lipinski definition) is 5. The molecule has 0 aliphatic carbocycles. The van der Waals surface area contributed by atoms with Crippen LogP contribution in [-0.2, 0) is 10.0 Å². The molecule has 142 valence electrons. The minimum atomic E-state index is -3.56. The lowest BCUT2D eigenvalue weighted by molar-refractivity contribution is 0.581. The molecule has 3 aromatic carbocycles. The molecule has 0 saturated carbocycles. The highest BCUT2D eigenvalue weighted by Crippen LogP contribution is 2.39. The third-order valence-corrected chi connectivity index (χ3v) is 8.03. The zero-order valence-corrected chi connectivity index (χ0v) is 17.3. The summed E-state index contributed by atoms with van der Waals surface area (Å²) < 4.78 is 30.1. The van der Waals surface area contributed by atoms with Crippen LogP contribution in [0.3, 0.4) is 0 Å². The van der Waals surface area contributed by atoms with Gasteiger partial charge in [0.25, 0.3) is 0 Å². The summed E-state index contributed by atoms with van der Waals surface area (Å²) >= 11 is 3.21. The van der Waals surface area contributed by atoms with E-state index in [1.165, 1.54) is 0 Å². The van der Waals surface area contributed by atoms with E-state index in [9.17, 15) is 8.42 Å². The van der Waals surface area contributed by atoms with Crippen molar-refractivity contribution in [2.24, 2.45) is 0 Å². The molecule has 0 saturated heterocycles. The number of sulfonamides is 1. The van der Waals surface area contributed by atoms with Crippen molar-refractivity contribution in [1.82, 2.24) is 9.71 Å². The summed E-state index contributed by atoms with van der Waals surface area (Å²) in [7, 11) is -3.56. The summed E-state index contributed by atoms with van der Waals surface area (Å²) in [6, 6.07) is 26.4. The predicted molar refractivity (Wildman–Crippen MR) is 116 cm³/mol. The van der Waals surface area contributed by atoms with Crippen molar-refractivity contribution in [1.29, 1.82) is 0 Å². The third kappa shape index (κ3) is 4.44. The summed E-state index contributed by atoms with van der Waals surface area (Å²) in [6.45, 7) is 0.280. The topological polar surface area (TPSA) is 59.1 Å². The van der Waals surface area contributed by atoms with E-state index in [-0.39, 0.29) is 16.7 Å². The van der Waals surface area contributed by atoms with E-state index in [0.29, 0.717) is 0 Å². The minimum Gasteiger partial charge on any atom is -0.230 e. The molecule has 0 aliphatic heterocycles. The van der Waals surface area contributed by atoms with Gasteiger partial charge >= 0.3 is 0 Å². The number of para-hydroxylation sites is 1. The first-order valence-corrected chi connectivity index (χ1v) is 11.9. The van der Waals surface area contributed by atoms with Crippen molar-refractivity contribution in [3.05, 3.63) is 90.5 Å². The van der Waals surface area contributed by atoms with Crippen molar-refractivity contribution in [2.75, 3.05) is 6.54 Å². The first-order chi connectivity index (χ1) is 13.6. The Labute approximate surface area is 172 Å². The zero-order valence-electron chi connectivity index (χ0n) is 14.9. The highest BCUT2D eigenvalue weighted by Gasteiger charge is 2.20. The normalized spacial score (nSPS) is 12.9. The number of benzene rings is 3. The van der Waals surface area contributed by atoms with Gasteiger partial charge in [-0.3, -0.25) is 0 Å². The Morgan fingerprint density at radius 1 is 0.893 bits per heavy atom. The molecular weight excluding hydrogens is 408 g/mol. The van der Waals surface area contributed by atoms with Crippen LogP contribution in [0.5, 0.6) is 0 Å². The van der Waals surface area contributed by atoms with Crippen molar-refractivity contribution in [3.8, 4) is 0 Å². The Morgan fingerprint density at radius 3 is 2.25 bits per heavy atom. The Kier molecular flexibility index (Phi) is 5.77. The number of thioether (sulfide) groups is 1. The van der Waals surface area contributed by atoms with E-state index in [0.717, 1.165) is 20.1 Å². The van der Waals surface area contributed by atoms with Crippen LogP contribution in [0.4, 0.5) is 0 Å². The molecule has 4 nitrogen and oxygen atoms in total. The van der Waals surface area contributed by atoms with E-state index >= 15 is 0 Å². The number of nitrogens with zero attached hydrogens (tertiary/aromatic N) is 1. The maximum Gasteiger partial charge on any atom is 0.240 e. The molecule has 0 amide bonds. The lowest BCUT2D eigenvalue weighted by Gasteiger charge is -2.16. The molecule has 7 heteroatoms. The first-order valence-electron chi connectivity index (χ1n) is 8.74. The van der Waals surface area contributed by atoms with Gasteiger partial charge in [0.2, 0.25) is 10.0 Å². The lowest BCUT2D eigenvalue weighted by Crippen LogP contribution is -2.27. The van der Waals surface area contributed by atoms with Crippen LogP contribution in [-0.4, -0.2) is 19.9 Å². The Hall–Kier alpha value is -2.19. The van der Waals surface area contributed by atoms with Crippen LogP contribution in [0.25, 0.3) is 10.2 Å². The number of nitrogens with one attached hydrogen (secondary N) is 1. The van der Waals surface area contributed by atoms with E-state index in [1.807, 2.05) is 54.6 Å². The van der Waals surface area contributed by atoms with E-state index < -0.39 is 10.0 Å². The van der Waals surface area contributed by atoms with Crippen LogP contribution < -0.4 is 4.72 Å². The smallest absolute Gasteiger partial charge is 0.230 e. The predicted octanol–water partition coefficient (Wildman–Crippen LogP) is 5.11. The van der Waals surface area contributed by atoms with E-state index in [4.69, 9.17) is 0 Å². The lowest BCUT2D eigenvalue weighted by atomic mass is 10.1. The van der Waals surface area contributed by atoms with Gasteiger partial charge in [0, 0.05) is 6.54 Å². The maximum atomic E-state index is 12.6. The van der Waals surface area contributed by atoms with Gasteiger partial charge < -0.3 is 0 Å². The van der Waals surface area contributed by atoms with Crippen molar-refractivity contribution >= 4 is 43.3 Å². The van der Waals surface area contributed by atoms with Gasteiger partial charge in [-0.1, -0.05) is 72.4 Å². The number of fused-ring (bicyclic) bond motifs is 1. The van der Waals surface area contributed by atoms with Crippen LogP contribution in [0.15, 0.2) is 94.2 Å². The van der Waals surface area contributed by atoms with Gasteiger partial charge in [-0.25, -0.2) is 18.1 Å². The summed E-state index contributed by atoms with van der Waals surface area (Å²) in [5.41, 5.74) is 2.02. The monoisotopic (exact) mass is 426 g/mol. The quantitative estimate of drug-likeness (QED) is 0.417. The van der Waals surface area contributed by atoms with Crippen LogP contribution in [0, 0.1) is 0 Å². The summed E-state index contributed by atoms with van der Waals surface area (Å²) in [5, 5.41) is -0.0831. The molecule has 0 radical (unpaired) electrons. The molecule has 1 atom stereocenters. The molecule has 1 heterocycles. The van der Waals surface area contributed by atoms with Gasteiger partial charge in [-0.2, -0.15) is 0 Å².